The van der Waals surface area contributed by atoms with Gasteiger partial charge in [-0.05, 0) is 61.2 Å². The lowest BCUT2D eigenvalue weighted by atomic mass is 10.1. The van der Waals surface area contributed by atoms with E-state index in [2.05, 4.69) is 20.7 Å². The Morgan fingerprint density at radius 2 is 1.97 bits per heavy atom. The molecular weight excluding hydrogens is 454 g/mol. The van der Waals surface area contributed by atoms with Crippen molar-refractivity contribution in [1.29, 1.82) is 0 Å². The normalized spacial score (nSPS) is 14.1. The first-order valence-corrected chi connectivity index (χ1v) is 11.2. The molecule has 3 N–H and O–H groups in total. The highest BCUT2D eigenvalue weighted by Crippen LogP contribution is 2.35. The Morgan fingerprint density at radius 3 is 2.74 bits per heavy atom. The molecule has 1 aliphatic rings. The lowest BCUT2D eigenvalue weighted by Gasteiger charge is -2.12. The first kappa shape index (κ1) is 22.1. The van der Waals surface area contributed by atoms with Gasteiger partial charge >= 0.3 is 0 Å². The first-order valence-electron chi connectivity index (χ1n) is 10.8. The molecule has 172 valence electrons. The van der Waals surface area contributed by atoms with Gasteiger partial charge in [0.1, 0.15) is 5.60 Å². The minimum atomic E-state index is -1.25. The van der Waals surface area contributed by atoms with Gasteiger partial charge < -0.3 is 15.7 Å². The Hall–Kier alpha value is -3.75. The summed E-state index contributed by atoms with van der Waals surface area (Å²) < 4.78 is 1.77. The number of aliphatic hydroxyl groups is 1. The van der Waals surface area contributed by atoms with E-state index in [1.54, 1.807) is 47.5 Å². The molecular formula is C25H22ClN5O3. The Bertz CT molecular complexity index is 1430. The van der Waals surface area contributed by atoms with Gasteiger partial charge in [0, 0.05) is 18.1 Å². The predicted octanol–water partition coefficient (Wildman–Crippen LogP) is 3.78. The minimum absolute atomic E-state index is 0.186. The van der Waals surface area contributed by atoms with E-state index >= 15 is 0 Å². The topological polar surface area (TPSA) is 109 Å². The number of hydrogen-bond donors (Lipinski definition) is 3. The zero-order chi connectivity index (χ0) is 23.9. The van der Waals surface area contributed by atoms with Gasteiger partial charge in [0.05, 0.1) is 39.9 Å². The zero-order valence-electron chi connectivity index (χ0n) is 18.4. The number of carbonyl (C=O) groups is 2. The van der Waals surface area contributed by atoms with Crippen LogP contribution in [-0.2, 0) is 11.3 Å². The maximum absolute atomic E-state index is 13.1. The molecule has 5 rings (SSSR count). The molecule has 2 aromatic carbocycles. The number of rotatable bonds is 6. The molecule has 0 unspecified atom stereocenters. The molecule has 9 heteroatoms. The third-order valence-corrected chi connectivity index (χ3v) is 6.17. The lowest BCUT2D eigenvalue weighted by molar-refractivity contribution is -0.131. The van der Waals surface area contributed by atoms with Gasteiger partial charge in [-0.1, -0.05) is 23.7 Å². The number of aromatic nitrogens is 3. The zero-order valence-corrected chi connectivity index (χ0v) is 19.1. The highest BCUT2D eigenvalue weighted by molar-refractivity contribution is 6.34. The van der Waals surface area contributed by atoms with Crippen LogP contribution in [-0.4, -0.2) is 37.3 Å². The number of carbonyl (C=O) groups excluding carboxylic acids is 2. The predicted molar refractivity (Wildman–Crippen MR) is 129 cm³/mol. The molecule has 0 spiro atoms. The van der Waals surface area contributed by atoms with Crippen LogP contribution in [0.1, 0.15) is 34.3 Å². The van der Waals surface area contributed by atoms with E-state index in [1.807, 2.05) is 25.1 Å². The van der Waals surface area contributed by atoms with Crippen molar-refractivity contribution in [3.63, 3.8) is 0 Å². The van der Waals surface area contributed by atoms with E-state index in [0.29, 0.717) is 29.1 Å². The molecule has 8 nitrogen and oxygen atoms in total. The molecule has 34 heavy (non-hydrogen) atoms. The van der Waals surface area contributed by atoms with Crippen LogP contribution >= 0.6 is 11.6 Å². The number of pyridine rings is 1. The van der Waals surface area contributed by atoms with Crippen molar-refractivity contribution in [2.45, 2.75) is 31.9 Å². The number of halogens is 1. The SMILES string of the molecule is Cc1cncc(-n2ncc3c(NC(=O)c4cc(CNC(=O)C5(O)CC5)ccc4Cl)cccc32)c1. The van der Waals surface area contributed by atoms with Crippen molar-refractivity contribution in [3.8, 4) is 5.69 Å². The van der Waals surface area contributed by atoms with Crippen LogP contribution in [0.2, 0.25) is 5.02 Å². The van der Waals surface area contributed by atoms with Gasteiger partial charge in [-0.3, -0.25) is 14.6 Å². The third kappa shape index (κ3) is 4.25. The molecule has 0 saturated heterocycles. The van der Waals surface area contributed by atoms with Crippen molar-refractivity contribution in [1.82, 2.24) is 20.1 Å². The van der Waals surface area contributed by atoms with Gasteiger partial charge in [-0.2, -0.15) is 5.10 Å². The monoisotopic (exact) mass is 475 g/mol. The standard InChI is InChI=1S/C25H22ClN5O3/c1-15-9-17(13-27-11-15)31-22-4-2-3-21(19(22)14-29-31)30-23(32)18-10-16(5-6-20(18)26)12-28-24(33)25(34)7-8-25/h2-6,9-11,13-14,34H,7-8,12H2,1H3,(H,28,33)(H,30,32). The van der Waals surface area contributed by atoms with Gasteiger partial charge in [0.15, 0.2) is 0 Å². The summed E-state index contributed by atoms with van der Waals surface area (Å²) in [6, 6.07) is 12.5. The van der Waals surface area contributed by atoms with Crippen LogP contribution in [0.4, 0.5) is 5.69 Å². The Kier molecular flexibility index (Phi) is 5.55. The summed E-state index contributed by atoms with van der Waals surface area (Å²) >= 11 is 6.31. The molecule has 0 bridgehead atoms. The maximum Gasteiger partial charge on any atom is 0.257 e. The molecule has 1 saturated carbocycles. The van der Waals surface area contributed by atoms with Gasteiger partial charge in [-0.15, -0.1) is 0 Å². The second-order valence-electron chi connectivity index (χ2n) is 8.50. The Balaban J connectivity index is 1.38. The molecule has 2 heterocycles. The van der Waals surface area contributed by atoms with Crippen molar-refractivity contribution in [3.05, 3.63) is 82.8 Å². The summed E-state index contributed by atoms with van der Waals surface area (Å²) in [7, 11) is 0. The second-order valence-corrected chi connectivity index (χ2v) is 8.91. The summed E-state index contributed by atoms with van der Waals surface area (Å²) in [5, 5.41) is 21.1. The molecule has 4 aromatic rings. The molecule has 1 fully saturated rings. The lowest BCUT2D eigenvalue weighted by Crippen LogP contribution is -2.35. The van der Waals surface area contributed by atoms with E-state index in [9.17, 15) is 14.7 Å². The molecule has 2 aromatic heterocycles. The summed E-state index contributed by atoms with van der Waals surface area (Å²) in [5.41, 5.74) is 3.00. The Morgan fingerprint density at radius 1 is 1.15 bits per heavy atom. The van der Waals surface area contributed by atoms with Crippen LogP contribution in [0.15, 0.2) is 61.1 Å². The number of fused-ring (bicyclic) bond motifs is 1. The molecule has 0 aliphatic heterocycles. The van der Waals surface area contributed by atoms with Crippen molar-refractivity contribution in [2.24, 2.45) is 0 Å². The molecule has 1 aliphatic carbocycles. The van der Waals surface area contributed by atoms with E-state index in [4.69, 9.17) is 11.6 Å². The van der Waals surface area contributed by atoms with Crippen LogP contribution < -0.4 is 10.6 Å². The number of nitrogens with one attached hydrogen (secondary N) is 2. The first-order chi connectivity index (χ1) is 16.3. The van der Waals surface area contributed by atoms with Gasteiger partial charge in [0.25, 0.3) is 11.8 Å². The smallest absolute Gasteiger partial charge is 0.257 e. The average molecular weight is 476 g/mol. The van der Waals surface area contributed by atoms with Gasteiger partial charge in [-0.25, -0.2) is 4.68 Å². The molecule has 0 atom stereocenters. The van der Waals surface area contributed by atoms with Crippen molar-refractivity contribution >= 4 is 40.0 Å². The largest absolute Gasteiger partial charge is 0.380 e. The van der Waals surface area contributed by atoms with E-state index < -0.39 is 11.5 Å². The molecule has 2 amide bonds. The van der Waals surface area contributed by atoms with Crippen LogP contribution in [0.3, 0.4) is 0 Å². The van der Waals surface area contributed by atoms with E-state index in [1.165, 1.54) is 0 Å². The number of hydrogen-bond acceptors (Lipinski definition) is 5. The summed E-state index contributed by atoms with van der Waals surface area (Å²) in [6.07, 6.45) is 6.14. The quantitative estimate of drug-likeness (QED) is 0.393. The average Bonchev–Trinajstić information content (AvgIpc) is 3.43. The fraction of sp³-hybridized carbons (Fsp3) is 0.200. The summed E-state index contributed by atoms with van der Waals surface area (Å²) in [6.45, 7) is 2.15. The number of amides is 2. The highest BCUT2D eigenvalue weighted by Gasteiger charge is 2.47. The summed E-state index contributed by atoms with van der Waals surface area (Å²) in [4.78, 5) is 29.3. The van der Waals surface area contributed by atoms with Crippen molar-refractivity contribution in [2.75, 3.05) is 5.32 Å². The fourth-order valence-electron chi connectivity index (χ4n) is 3.76. The number of anilines is 1. The minimum Gasteiger partial charge on any atom is -0.380 e. The number of nitrogens with zero attached hydrogens (tertiary/aromatic N) is 3. The second kappa shape index (κ2) is 8.55. The van der Waals surface area contributed by atoms with Crippen LogP contribution in [0, 0.1) is 6.92 Å². The number of benzene rings is 2. The van der Waals surface area contributed by atoms with Crippen LogP contribution in [0.5, 0.6) is 0 Å². The van der Waals surface area contributed by atoms with E-state index in [0.717, 1.165) is 22.2 Å². The summed E-state index contributed by atoms with van der Waals surface area (Å²) in [5.74, 6) is -0.780. The highest BCUT2D eigenvalue weighted by atomic mass is 35.5. The maximum atomic E-state index is 13.1. The third-order valence-electron chi connectivity index (χ3n) is 5.84. The number of aryl methyl sites for hydroxylation is 1. The van der Waals surface area contributed by atoms with Crippen LogP contribution in [0.25, 0.3) is 16.6 Å². The van der Waals surface area contributed by atoms with Gasteiger partial charge in [0.2, 0.25) is 0 Å². The molecule has 0 radical (unpaired) electrons. The Labute approximate surface area is 200 Å². The van der Waals surface area contributed by atoms with E-state index in [-0.39, 0.29) is 18.0 Å². The van der Waals surface area contributed by atoms with Crippen molar-refractivity contribution < 1.29 is 14.7 Å². The fourth-order valence-corrected chi connectivity index (χ4v) is 3.96.